The van der Waals surface area contributed by atoms with Crippen LogP contribution in [0.15, 0.2) is 33.6 Å². The van der Waals surface area contributed by atoms with Crippen LogP contribution in [-0.2, 0) is 4.79 Å². The normalized spacial score (nSPS) is 12.7. The number of urea groups is 1. The van der Waals surface area contributed by atoms with Crippen LogP contribution in [0.1, 0.15) is 27.7 Å². The summed E-state index contributed by atoms with van der Waals surface area (Å²) in [7, 11) is 0. The summed E-state index contributed by atoms with van der Waals surface area (Å²) in [5.74, 6) is -0.312. The fourth-order valence-electron chi connectivity index (χ4n) is 1.37. The smallest absolute Gasteiger partial charge is 0.321 e. The molecule has 6 heteroatoms. The molecule has 0 fully saturated rings. The molecule has 0 aliphatic carbocycles. The van der Waals surface area contributed by atoms with Crippen LogP contribution in [0.4, 0.5) is 4.79 Å². The molecule has 1 atom stereocenters. The van der Waals surface area contributed by atoms with E-state index in [1.54, 1.807) is 6.92 Å². The molecule has 2 N–H and O–H groups in total. The minimum Gasteiger partial charge on any atom is -0.333 e. The molecule has 0 aliphatic heterocycles. The van der Waals surface area contributed by atoms with Gasteiger partial charge >= 0.3 is 6.03 Å². The maximum absolute atomic E-state index is 11.9. The third-order valence-electron chi connectivity index (χ3n) is 2.23. The summed E-state index contributed by atoms with van der Waals surface area (Å²) in [6, 6.07) is 7.19. The summed E-state index contributed by atoms with van der Waals surface area (Å²) in [5.41, 5.74) is -0.372. The molecule has 20 heavy (non-hydrogen) atoms. The van der Waals surface area contributed by atoms with Crippen molar-refractivity contribution in [2.75, 3.05) is 0 Å². The van der Waals surface area contributed by atoms with E-state index in [0.29, 0.717) is 0 Å². The van der Waals surface area contributed by atoms with Crippen LogP contribution in [0.2, 0.25) is 0 Å². The molecule has 0 aliphatic rings. The lowest BCUT2D eigenvalue weighted by molar-refractivity contribution is -0.119. The monoisotopic (exact) mass is 358 g/mol. The zero-order valence-corrected chi connectivity index (χ0v) is 14.4. The Morgan fingerprint density at radius 3 is 2.40 bits per heavy atom. The van der Waals surface area contributed by atoms with Crippen molar-refractivity contribution in [1.82, 2.24) is 10.6 Å². The molecule has 0 aromatic heterocycles. The minimum atomic E-state index is -0.470. The number of nitrogens with one attached hydrogen (secondary N) is 2. The Labute approximate surface area is 132 Å². The van der Waals surface area contributed by atoms with Gasteiger partial charge in [0.15, 0.2) is 0 Å². The summed E-state index contributed by atoms with van der Waals surface area (Å²) in [6.07, 6.45) is 0. The van der Waals surface area contributed by atoms with Crippen molar-refractivity contribution < 1.29 is 9.59 Å². The highest BCUT2D eigenvalue weighted by molar-refractivity contribution is 9.10. The number of benzene rings is 1. The lowest BCUT2D eigenvalue weighted by atomic mass is 10.1. The first-order valence-electron chi connectivity index (χ1n) is 6.23. The molecule has 110 valence electrons. The average Bonchev–Trinajstić information content (AvgIpc) is 2.29. The number of hydrogen-bond donors (Lipinski definition) is 2. The van der Waals surface area contributed by atoms with E-state index >= 15 is 0 Å². The molecule has 0 spiro atoms. The summed E-state index contributed by atoms with van der Waals surface area (Å²) in [5, 5.41) is 4.68. The van der Waals surface area contributed by atoms with Gasteiger partial charge in [-0.2, -0.15) is 0 Å². The van der Waals surface area contributed by atoms with Gasteiger partial charge in [0.1, 0.15) is 0 Å². The van der Waals surface area contributed by atoms with Gasteiger partial charge in [0.25, 0.3) is 0 Å². The highest BCUT2D eigenvalue weighted by atomic mass is 79.9. The van der Waals surface area contributed by atoms with E-state index in [1.165, 1.54) is 11.8 Å². The number of halogens is 1. The van der Waals surface area contributed by atoms with Crippen molar-refractivity contribution in [3.63, 3.8) is 0 Å². The van der Waals surface area contributed by atoms with Crippen molar-refractivity contribution in [1.29, 1.82) is 0 Å². The van der Waals surface area contributed by atoms with Crippen LogP contribution in [-0.4, -0.2) is 22.7 Å². The molecule has 0 saturated carbocycles. The van der Waals surface area contributed by atoms with E-state index in [1.807, 2.05) is 45.0 Å². The summed E-state index contributed by atoms with van der Waals surface area (Å²) in [4.78, 5) is 24.5. The molecule has 1 aromatic rings. The predicted molar refractivity (Wildman–Crippen MR) is 85.9 cm³/mol. The second-order valence-corrected chi connectivity index (χ2v) is 7.62. The summed E-state index contributed by atoms with van der Waals surface area (Å²) >= 11 is 4.83. The van der Waals surface area contributed by atoms with Crippen LogP contribution in [0.3, 0.4) is 0 Å². The second kappa shape index (κ2) is 7.13. The summed E-state index contributed by atoms with van der Waals surface area (Å²) in [6.45, 7) is 7.34. The Hall–Kier alpha value is -1.01. The topological polar surface area (TPSA) is 58.2 Å². The number of rotatable bonds is 3. The van der Waals surface area contributed by atoms with Crippen LogP contribution < -0.4 is 10.6 Å². The van der Waals surface area contributed by atoms with Gasteiger partial charge in [-0.3, -0.25) is 10.1 Å². The van der Waals surface area contributed by atoms with Crippen LogP contribution in [0, 0.1) is 0 Å². The third kappa shape index (κ3) is 5.96. The van der Waals surface area contributed by atoms with Gasteiger partial charge in [-0.25, -0.2) is 4.79 Å². The van der Waals surface area contributed by atoms with Gasteiger partial charge in [-0.1, -0.05) is 12.1 Å². The molecular formula is C14H19BrN2O2S. The predicted octanol–water partition coefficient (Wildman–Crippen LogP) is 3.55. The van der Waals surface area contributed by atoms with Crippen LogP contribution in [0.5, 0.6) is 0 Å². The number of hydrogen-bond acceptors (Lipinski definition) is 3. The Kier molecular flexibility index (Phi) is 6.07. The van der Waals surface area contributed by atoms with Gasteiger partial charge in [0, 0.05) is 14.9 Å². The number of carbonyl (C=O) groups is 2. The van der Waals surface area contributed by atoms with Gasteiger partial charge < -0.3 is 5.32 Å². The maximum Gasteiger partial charge on any atom is 0.321 e. The Balaban J connectivity index is 2.56. The zero-order valence-electron chi connectivity index (χ0n) is 12.0. The van der Waals surface area contributed by atoms with E-state index in [-0.39, 0.29) is 16.7 Å². The van der Waals surface area contributed by atoms with Crippen molar-refractivity contribution in [3.05, 3.63) is 28.7 Å². The first kappa shape index (κ1) is 17.0. The molecule has 1 rings (SSSR count). The molecular weight excluding hydrogens is 340 g/mol. The number of amides is 3. The van der Waals surface area contributed by atoms with E-state index in [2.05, 4.69) is 26.6 Å². The van der Waals surface area contributed by atoms with Crippen molar-refractivity contribution in [3.8, 4) is 0 Å². The van der Waals surface area contributed by atoms with Gasteiger partial charge in [0.05, 0.1) is 5.25 Å². The molecule has 0 bridgehead atoms. The van der Waals surface area contributed by atoms with E-state index in [4.69, 9.17) is 0 Å². The molecule has 1 aromatic carbocycles. The fourth-order valence-corrected chi connectivity index (χ4v) is 2.82. The van der Waals surface area contributed by atoms with Crippen LogP contribution in [0.25, 0.3) is 0 Å². The quantitative estimate of drug-likeness (QED) is 0.812. The number of imide groups is 1. The number of carbonyl (C=O) groups excluding carboxylic acids is 2. The second-order valence-electron chi connectivity index (χ2n) is 5.38. The standard InChI is InChI=1S/C14H19BrN2O2S/c1-9(20-11-8-6-5-7-10(11)15)12(18)16-13(19)17-14(2,3)4/h5-9H,1-4H3,(H2,16,17,18,19). The van der Waals surface area contributed by atoms with Gasteiger partial charge in [-0.15, -0.1) is 11.8 Å². The average molecular weight is 359 g/mol. The molecule has 0 heterocycles. The SMILES string of the molecule is CC(Sc1ccccc1Br)C(=O)NC(=O)NC(C)(C)C. The Morgan fingerprint density at radius 1 is 1.25 bits per heavy atom. The minimum absolute atomic E-state index is 0.312. The van der Waals surface area contributed by atoms with Crippen molar-refractivity contribution in [2.24, 2.45) is 0 Å². The lowest BCUT2D eigenvalue weighted by Gasteiger charge is -2.21. The highest BCUT2D eigenvalue weighted by Crippen LogP contribution is 2.30. The van der Waals surface area contributed by atoms with E-state index < -0.39 is 6.03 Å². The van der Waals surface area contributed by atoms with Gasteiger partial charge in [-0.05, 0) is 55.8 Å². The fraction of sp³-hybridized carbons (Fsp3) is 0.429. The molecule has 1 unspecified atom stereocenters. The Morgan fingerprint density at radius 2 is 1.85 bits per heavy atom. The zero-order chi connectivity index (χ0) is 15.3. The molecule has 0 radical (unpaired) electrons. The third-order valence-corrected chi connectivity index (χ3v) is 4.37. The largest absolute Gasteiger partial charge is 0.333 e. The first-order chi connectivity index (χ1) is 9.19. The summed E-state index contributed by atoms with van der Waals surface area (Å²) < 4.78 is 0.934. The molecule has 0 saturated heterocycles. The first-order valence-corrected chi connectivity index (χ1v) is 7.90. The molecule has 4 nitrogen and oxygen atoms in total. The van der Waals surface area contributed by atoms with E-state index in [0.717, 1.165) is 9.37 Å². The molecule has 3 amide bonds. The lowest BCUT2D eigenvalue weighted by Crippen LogP contribution is -2.49. The van der Waals surface area contributed by atoms with Crippen LogP contribution >= 0.6 is 27.7 Å². The van der Waals surface area contributed by atoms with Crippen molar-refractivity contribution >= 4 is 39.6 Å². The highest BCUT2D eigenvalue weighted by Gasteiger charge is 2.20. The number of thioether (sulfide) groups is 1. The van der Waals surface area contributed by atoms with Crippen molar-refractivity contribution in [2.45, 2.75) is 43.4 Å². The maximum atomic E-state index is 11.9. The van der Waals surface area contributed by atoms with Gasteiger partial charge in [0.2, 0.25) is 5.91 Å². The van der Waals surface area contributed by atoms with E-state index in [9.17, 15) is 9.59 Å². The Bertz CT molecular complexity index is 500.